The van der Waals surface area contributed by atoms with Crippen molar-refractivity contribution in [2.75, 3.05) is 12.8 Å². The minimum Gasteiger partial charge on any atom is -0.337 e. The van der Waals surface area contributed by atoms with Gasteiger partial charge in [0.15, 0.2) is 0 Å². The van der Waals surface area contributed by atoms with Crippen LogP contribution in [0.2, 0.25) is 0 Å². The van der Waals surface area contributed by atoms with Gasteiger partial charge in [0.2, 0.25) is 5.91 Å². The fourth-order valence-corrected chi connectivity index (χ4v) is 2.32. The van der Waals surface area contributed by atoms with Gasteiger partial charge in [-0.1, -0.05) is 12.1 Å². The van der Waals surface area contributed by atoms with Crippen LogP contribution in [-0.2, 0) is 11.3 Å². The number of nitrogens with zero attached hydrogens (tertiary/aromatic N) is 1. The Morgan fingerprint density at radius 3 is 2.62 bits per heavy atom. The van der Waals surface area contributed by atoms with E-state index < -0.39 is 0 Å². The minimum atomic E-state index is 0.0120. The van der Waals surface area contributed by atoms with Crippen LogP contribution in [0.5, 0.6) is 0 Å². The normalized spacial score (nSPS) is 20.5. The lowest BCUT2D eigenvalue weighted by Gasteiger charge is -2.16. The summed E-state index contributed by atoms with van der Waals surface area (Å²) in [6.45, 7) is 1.37. The third-order valence-electron chi connectivity index (χ3n) is 2.78. The first-order valence-corrected chi connectivity index (χ1v) is 6.58. The first-order valence-electron chi connectivity index (χ1n) is 5.35. The fourth-order valence-electron chi connectivity index (χ4n) is 1.91. The summed E-state index contributed by atoms with van der Waals surface area (Å²) in [5, 5.41) is 0. The molecule has 2 rings (SSSR count). The van der Waals surface area contributed by atoms with Crippen LogP contribution < -0.4 is 5.73 Å². The van der Waals surface area contributed by atoms with E-state index in [1.54, 1.807) is 11.8 Å². The third-order valence-corrected chi connectivity index (χ3v) is 3.52. The second-order valence-corrected chi connectivity index (χ2v) is 4.97. The molecule has 0 bridgehead atoms. The zero-order chi connectivity index (χ0) is 11.5. The Kier molecular flexibility index (Phi) is 3.51. The zero-order valence-corrected chi connectivity index (χ0v) is 10.2. The maximum Gasteiger partial charge on any atom is 0.224 e. The van der Waals surface area contributed by atoms with Crippen LogP contribution in [0.3, 0.4) is 0 Å². The largest absolute Gasteiger partial charge is 0.337 e. The van der Waals surface area contributed by atoms with E-state index in [1.165, 1.54) is 10.5 Å². The molecule has 0 radical (unpaired) electrons. The van der Waals surface area contributed by atoms with E-state index in [0.29, 0.717) is 19.5 Å². The van der Waals surface area contributed by atoms with Crippen molar-refractivity contribution in [3.8, 4) is 0 Å². The van der Waals surface area contributed by atoms with Crippen molar-refractivity contribution >= 4 is 17.7 Å². The van der Waals surface area contributed by atoms with Gasteiger partial charge in [-0.25, -0.2) is 0 Å². The molecule has 86 valence electrons. The quantitative estimate of drug-likeness (QED) is 0.808. The summed E-state index contributed by atoms with van der Waals surface area (Å²) in [7, 11) is 0. The first-order chi connectivity index (χ1) is 7.69. The van der Waals surface area contributed by atoms with Gasteiger partial charge in [-0.3, -0.25) is 4.79 Å². The molecule has 1 aliphatic rings. The van der Waals surface area contributed by atoms with Crippen LogP contribution in [0.25, 0.3) is 0 Å². The molecule has 1 amide bonds. The number of amides is 1. The number of benzene rings is 1. The van der Waals surface area contributed by atoms with Crippen LogP contribution in [0.15, 0.2) is 29.2 Å². The molecule has 4 heteroatoms. The Balaban J connectivity index is 2.01. The zero-order valence-electron chi connectivity index (χ0n) is 9.35. The van der Waals surface area contributed by atoms with E-state index in [2.05, 4.69) is 30.5 Å². The van der Waals surface area contributed by atoms with Gasteiger partial charge in [0.05, 0.1) is 0 Å². The standard InChI is InChI=1S/C12H16N2OS/c1-16-11-4-2-9(3-5-11)7-14-8-10(13)6-12(14)15/h2-5,10H,6-8,13H2,1H3. The molecule has 1 fully saturated rings. The lowest BCUT2D eigenvalue weighted by Crippen LogP contribution is -2.27. The Labute approximate surface area is 100.0 Å². The third kappa shape index (κ3) is 2.57. The van der Waals surface area contributed by atoms with E-state index in [-0.39, 0.29) is 11.9 Å². The molecule has 0 aliphatic carbocycles. The Hall–Kier alpha value is -1.00. The fraction of sp³-hybridized carbons (Fsp3) is 0.417. The summed E-state index contributed by atoms with van der Waals surface area (Å²) in [4.78, 5) is 14.6. The molecular weight excluding hydrogens is 220 g/mol. The molecule has 1 heterocycles. The monoisotopic (exact) mass is 236 g/mol. The highest BCUT2D eigenvalue weighted by molar-refractivity contribution is 7.98. The second kappa shape index (κ2) is 4.89. The summed E-state index contributed by atoms with van der Waals surface area (Å²) in [6, 6.07) is 8.32. The number of nitrogens with two attached hydrogens (primary N) is 1. The van der Waals surface area contributed by atoms with Crippen LogP contribution >= 0.6 is 11.8 Å². The highest BCUT2D eigenvalue weighted by atomic mass is 32.2. The van der Waals surface area contributed by atoms with E-state index in [0.717, 1.165) is 0 Å². The van der Waals surface area contributed by atoms with Crippen molar-refractivity contribution in [1.82, 2.24) is 4.90 Å². The van der Waals surface area contributed by atoms with Crippen LogP contribution in [0.1, 0.15) is 12.0 Å². The second-order valence-electron chi connectivity index (χ2n) is 4.09. The highest BCUT2D eigenvalue weighted by Crippen LogP contribution is 2.18. The van der Waals surface area contributed by atoms with E-state index >= 15 is 0 Å². The lowest BCUT2D eigenvalue weighted by molar-refractivity contribution is -0.128. The van der Waals surface area contributed by atoms with Gasteiger partial charge in [-0.15, -0.1) is 11.8 Å². The Bertz CT molecular complexity index is 377. The SMILES string of the molecule is CSc1ccc(CN2CC(N)CC2=O)cc1. The average molecular weight is 236 g/mol. The van der Waals surface area contributed by atoms with Crippen molar-refractivity contribution in [1.29, 1.82) is 0 Å². The molecule has 1 aromatic rings. The van der Waals surface area contributed by atoms with Crippen molar-refractivity contribution in [2.45, 2.75) is 23.9 Å². The summed E-state index contributed by atoms with van der Waals surface area (Å²) in [5.41, 5.74) is 6.92. The minimum absolute atomic E-state index is 0.0120. The summed E-state index contributed by atoms with van der Waals surface area (Å²) in [6.07, 6.45) is 2.54. The van der Waals surface area contributed by atoms with Crippen LogP contribution in [0, 0.1) is 0 Å². The average Bonchev–Trinajstić information content (AvgIpc) is 2.59. The molecule has 1 saturated heterocycles. The smallest absolute Gasteiger partial charge is 0.224 e. The van der Waals surface area contributed by atoms with Crippen molar-refractivity contribution in [2.24, 2.45) is 5.73 Å². The number of hydrogen-bond donors (Lipinski definition) is 1. The molecule has 0 spiro atoms. The van der Waals surface area contributed by atoms with Gasteiger partial charge in [0.1, 0.15) is 0 Å². The van der Waals surface area contributed by atoms with Gasteiger partial charge < -0.3 is 10.6 Å². The topological polar surface area (TPSA) is 46.3 Å². The van der Waals surface area contributed by atoms with Gasteiger partial charge in [0.25, 0.3) is 0 Å². The first kappa shape index (κ1) is 11.5. The van der Waals surface area contributed by atoms with E-state index in [9.17, 15) is 4.79 Å². The molecule has 16 heavy (non-hydrogen) atoms. The number of rotatable bonds is 3. The highest BCUT2D eigenvalue weighted by Gasteiger charge is 2.26. The van der Waals surface area contributed by atoms with Crippen LogP contribution in [0.4, 0.5) is 0 Å². The predicted molar refractivity (Wildman–Crippen MR) is 66.2 cm³/mol. The summed E-state index contributed by atoms with van der Waals surface area (Å²) in [5.74, 6) is 0.168. The van der Waals surface area contributed by atoms with Gasteiger partial charge >= 0.3 is 0 Å². The van der Waals surface area contributed by atoms with Crippen LogP contribution in [-0.4, -0.2) is 29.6 Å². The molecular formula is C12H16N2OS. The van der Waals surface area contributed by atoms with E-state index in [1.807, 2.05) is 4.90 Å². The molecule has 1 aliphatic heterocycles. The maximum atomic E-state index is 11.6. The van der Waals surface area contributed by atoms with Gasteiger partial charge in [-0.05, 0) is 24.0 Å². The van der Waals surface area contributed by atoms with Crippen molar-refractivity contribution in [3.05, 3.63) is 29.8 Å². The summed E-state index contributed by atoms with van der Waals surface area (Å²) < 4.78 is 0. The molecule has 3 nitrogen and oxygen atoms in total. The Morgan fingerprint density at radius 2 is 2.12 bits per heavy atom. The molecule has 1 aromatic carbocycles. The molecule has 0 saturated carbocycles. The number of hydrogen-bond acceptors (Lipinski definition) is 3. The lowest BCUT2D eigenvalue weighted by atomic mass is 10.2. The maximum absolute atomic E-state index is 11.6. The van der Waals surface area contributed by atoms with Gasteiger partial charge in [-0.2, -0.15) is 0 Å². The molecule has 1 atom stereocenters. The molecule has 1 unspecified atom stereocenters. The number of likely N-dealkylation sites (tertiary alicyclic amines) is 1. The van der Waals surface area contributed by atoms with Crippen molar-refractivity contribution in [3.63, 3.8) is 0 Å². The van der Waals surface area contributed by atoms with E-state index in [4.69, 9.17) is 5.73 Å². The summed E-state index contributed by atoms with van der Waals surface area (Å²) >= 11 is 1.72. The number of carbonyl (C=O) groups excluding carboxylic acids is 1. The predicted octanol–water partition coefficient (Wildman–Crippen LogP) is 1.47. The number of thioether (sulfide) groups is 1. The van der Waals surface area contributed by atoms with Gasteiger partial charge in [0, 0.05) is 30.4 Å². The number of carbonyl (C=O) groups is 1. The molecule has 2 N–H and O–H groups in total. The molecule has 0 aromatic heterocycles. The Morgan fingerprint density at radius 1 is 1.44 bits per heavy atom. The van der Waals surface area contributed by atoms with Crippen molar-refractivity contribution < 1.29 is 4.79 Å².